The molecule has 9 nitrogen and oxygen atoms in total. The summed E-state index contributed by atoms with van der Waals surface area (Å²) in [6, 6.07) is 8.77. The van der Waals surface area contributed by atoms with E-state index < -0.39 is 10.0 Å². The molecule has 1 aromatic carbocycles. The van der Waals surface area contributed by atoms with Gasteiger partial charge >= 0.3 is 0 Å². The number of benzene rings is 1. The lowest BCUT2D eigenvalue weighted by Gasteiger charge is -2.30. The number of rotatable bonds is 7. The Bertz CT molecular complexity index is 1240. The van der Waals surface area contributed by atoms with Crippen LogP contribution in [0.15, 0.2) is 39.8 Å². The summed E-state index contributed by atoms with van der Waals surface area (Å²) >= 11 is 1.33. The Kier molecular flexibility index (Phi) is 6.82. The summed E-state index contributed by atoms with van der Waals surface area (Å²) in [7, 11) is -2.12. The predicted octanol–water partition coefficient (Wildman–Crippen LogP) is 3.72. The van der Waals surface area contributed by atoms with Crippen LogP contribution in [-0.2, 0) is 21.2 Å². The van der Waals surface area contributed by atoms with Crippen molar-refractivity contribution in [2.24, 2.45) is 5.92 Å². The van der Waals surface area contributed by atoms with Crippen molar-refractivity contribution in [3.05, 3.63) is 41.1 Å². The molecule has 11 heteroatoms. The van der Waals surface area contributed by atoms with Crippen LogP contribution < -0.4 is 10.1 Å². The lowest BCUT2D eigenvalue weighted by atomic mass is 9.97. The standard InChI is InChI=1S/C22H26N4O5S2/c1-4-20-24-21(25-31-20)18-13-19(14(2)32-18)33(28,29)26-10-8-15(9-11-26)22(27)23-16-6-5-7-17(12-16)30-3/h5-7,12-13,15H,4,8-11H2,1-3H3,(H,23,27). The molecule has 3 heterocycles. The van der Waals surface area contributed by atoms with Gasteiger partial charge in [0.25, 0.3) is 0 Å². The molecule has 1 fully saturated rings. The van der Waals surface area contributed by atoms with E-state index in [9.17, 15) is 13.2 Å². The Morgan fingerprint density at radius 3 is 2.73 bits per heavy atom. The van der Waals surface area contributed by atoms with Gasteiger partial charge in [0.15, 0.2) is 0 Å². The molecule has 0 bridgehead atoms. The molecule has 1 amide bonds. The molecule has 4 rings (SSSR count). The van der Waals surface area contributed by atoms with Crippen LogP contribution in [0.1, 0.15) is 30.5 Å². The summed E-state index contributed by atoms with van der Waals surface area (Å²) in [5, 5.41) is 6.85. The number of amides is 1. The molecule has 0 aliphatic carbocycles. The first kappa shape index (κ1) is 23.4. The molecule has 1 N–H and O–H groups in total. The van der Waals surface area contributed by atoms with Crippen LogP contribution >= 0.6 is 11.3 Å². The van der Waals surface area contributed by atoms with E-state index in [0.717, 1.165) is 0 Å². The first-order chi connectivity index (χ1) is 15.8. The summed E-state index contributed by atoms with van der Waals surface area (Å²) in [6.07, 6.45) is 1.52. The lowest BCUT2D eigenvalue weighted by molar-refractivity contribution is -0.120. The van der Waals surface area contributed by atoms with E-state index in [0.29, 0.717) is 52.2 Å². The SMILES string of the molecule is CCc1nc(-c2cc(S(=O)(=O)N3CCC(C(=O)Nc4cccc(OC)c4)CC3)c(C)s2)no1. The molecule has 1 aliphatic heterocycles. The van der Waals surface area contributed by atoms with Crippen molar-refractivity contribution in [1.82, 2.24) is 14.4 Å². The van der Waals surface area contributed by atoms with Gasteiger partial charge in [-0.05, 0) is 38.0 Å². The van der Waals surface area contributed by atoms with Gasteiger partial charge in [0.1, 0.15) is 5.75 Å². The van der Waals surface area contributed by atoms with Crippen LogP contribution in [0.5, 0.6) is 5.75 Å². The zero-order valence-electron chi connectivity index (χ0n) is 18.7. The zero-order valence-corrected chi connectivity index (χ0v) is 20.3. The van der Waals surface area contributed by atoms with E-state index in [1.54, 1.807) is 44.4 Å². The van der Waals surface area contributed by atoms with Crippen LogP contribution in [0.3, 0.4) is 0 Å². The molecular weight excluding hydrogens is 464 g/mol. The van der Waals surface area contributed by atoms with Gasteiger partial charge < -0.3 is 14.6 Å². The third kappa shape index (κ3) is 4.94. The summed E-state index contributed by atoms with van der Waals surface area (Å²) < 4.78 is 38.4. The summed E-state index contributed by atoms with van der Waals surface area (Å²) in [6.45, 7) is 4.25. The smallest absolute Gasteiger partial charge is 0.244 e. The topological polar surface area (TPSA) is 115 Å². The zero-order chi connectivity index (χ0) is 23.6. The molecule has 0 saturated carbocycles. The number of hydrogen-bond donors (Lipinski definition) is 1. The second kappa shape index (κ2) is 9.62. The third-order valence-corrected chi connectivity index (χ3v) is 8.84. The van der Waals surface area contributed by atoms with E-state index in [-0.39, 0.29) is 29.8 Å². The van der Waals surface area contributed by atoms with Crippen LogP contribution in [0.4, 0.5) is 5.69 Å². The number of ether oxygens (including phenoxy) is 1. The maximum atomic E-state index is 13.3. The number of aromatic nitrogens is 2. The highest BCUT2D eigenvalue weighted by Crippen LogP contribution is 2.35. The number of nitrogens with one attached hydrogen (secondary N) is 1. The Hall–Kier alpha value is -2.76. The van der Waals surface area contributed by atoms with Gasteiger partial charge in [0.05, 0.1) is 16.9 Å². The van der Waals surface area contributed by atoms with Crippen molar-refractivity contribution >= 4 is 33.0 Å². The summed E-state index contributed by atoms with van der Waals surface area (Å²) in [5.41, 5.74) is 0.656. The molecular formula is C22H26N4O5S2. The minimum absolute atomic E-state index is 0.113. The Balaban J connectivity index is 1.42. The van der Waals surface area contributed by atoms with E-state index in [1.165, 1.54) is 15.6 Å². The molecule has 0 atom stereocenters. The van der Waals surface area contributed by atoms with Gasteiger partial charge in [-0.3, -0.25) is 4.79 Å². The highest BCUT2D eigenvalue weighted by atomic mass is 32.2. The van der Waals surface area contributed by atoms with E-state index in [1.807, 2.05) is 6.92 Å². The van der Waals surface area contributed by atoms with E-state index in [2.05, 4.69) is 15.5 Å². The molecule has 0 unspecified atom stereocenters. The molecule has 33 heavy (non-hydrogen) atoms. The van der Waals surface area contributed by atoms with Crippen molar-refractivity contribution in [3.63, 3.8) is 0 Å². The molecule has 176 valence electrons. The van der Waals surface area contributed by atoms with Crippen molar-refractivity contribution < 1.29 is 22.5 Å². The quantitative estimate of drug-likeness (QED) is 0.537. The maximum Gasteiger partial charge on any atom is 0.244 e. The minimum Gasteiger partial charge on any atom is -0.497 e. The number of methoxy groups -OCH3 is 1. The maximum absolute atomic E-state index is 13.3. The fraction of sp³-hybridized carbons (Fsp3) is 0.409. The number of anilines is 1. The van der Waals surface area contributed by atoms with Crippen LogP contribution in [-0.4, -0.2) is 49.0 Å². The molecule has 1 aliphatic rings. The highest BCUT2D eigenvalue weighted by Gasteiger charge is 2.34. The molecule has 1 saturated heterocycles. The molecule has 0 radical (unpaired) electrons. The van der Waals surface area contributed by atoms with Crippen molar-refractivity contribution in [1.29, 1.82) is 0 Å². The Morgan fingerprint density at radius 2 is 2.06 bits per heavy atom. The van der Waals surface area contributed by atoms with E-state index in [4.69, 9.17) is 9.26 Å². The summed E-state index contributed by atoms with van der Waals surface area (Å²) in [5.74, 6) is 1.20. The lowest BCUT2D eigenvalue weighted by Crippen LogP contribution is -2.41. The van der Waals surface area contributed by atoms with E-state index >= 15 is 0 Å². The first-order valence-corrected chi connectivity index (χ1v) is 13.0. The second-order valence-corrected chi connectivity index (χ2v) is 11.0. The first-order valence-electron chi connectivity index (χ1n) is 10.7. The number of sulfonamides is 1. The fourth-order valence-corrected chi connectivity index (χ4v) is 6.73. The third-order valence-electron chi connectivity index (χ3n) is 5.64. The van der Waals surface area contributed by atoms with Crippen molar-refractivity contribution in [3.8, 4) is 16.5 Å². The fourth-order valence-electron chi connectivity index (χ4n) is 3.77. The second-order valence-electron chi connectivity index (χ2n) is 7.80. The normalized spacial score (nSPS) is 15.5. The van der Waals surface area contributed by atoms with Gasteiger partial charge in [0, 0.05) is 42.1 Å². The number of hydrogen-bond acceptors (Lipinski definition) is 8. The van der Waals surface area contributed by atoms with Gasteiger partial charge in [0.2, 0.25) is 27.6 Å². The van der Waals surface area contributed by atoms with Crippen LogP contribution in [0.25, 0.3) is 10.7 Å². The van der Waals surface area contributed by atoms with Gasteiger partial charge in [-0.25, -0.2) is 8.42 Å². The largest absolute Gasteiger partial charge is 0.497 e. The summed E-state index contributed by atoms with van der Waals surface area (Å²) in [4.78, 5) is 18.6. The number of thiophene rings is 1. The number of carbonyl (C=O) groups excluding carboxylic acids is 1. The number of carbonyl (C=O) groups is 1. The van der Waals surface area contributed by atoms with Crippen LogP contribution in [0, 0.1) is 12.8 Å². The monoisotopic (exact) mass is 490 g/mol. The van der Waals surface area contributed by atoms with Gasteiger partial charge in [-0.15, -0.1) is 11.3 Å². The van der Waals surface area contributed by atoms with Gasteiger partial charge in [-0.2, -0.15) is 9.29 Å². The van der Waals surface area contributed by atoms with Gasteiger partial charge in [-0.1, -0.05) is 18.1 Å². The highest BCUT2D eigenvalue weighted by molar-refractivity contribution is 7.89. The predicted molar refractivity (Wildman–Crippen MR) is 125 cm³/mol. The molecule has 2 aromatic heterocycles. The Labute approximate surface area is 196 Å². The number of aryl methyl sites for hydroxylation is 2. The number of piperidine rings is 1. The minimum atomic E-state index is -3.69. The molecule has 0 spiro atoms. The average molecular weight is 491 g/mol. The average Bonchev–Trinajstić information content (AvgIpc) is 3.46. The molecule has 3 aromatic rings. The van der Waals surface area contributed by atoms with Crippen LogP contribution in [0.2, 0.25) is 0 Å². The Morgan fingerprint density at radius 1 is 1.30 bits per heavy atom. The number of nitrogens with zero attached hydrogens (tertiary/aromatic N) is 3. The van der Waals surface area contributed by atoms with Crippen molar-refractivity contribution in [2.75, 3.05) is 25.5 Å². The van der Waals surface area contributed by atoms with Crippen molar-refractivity contribution in [2.45, 2.75) is 38.0 Å².